The van der Waals surface area contributed by atoms with Gasteiger partial charge in [-0.2, -0.15) is 11.8 Å². The van der Waals surface area contributed by atoms with Crippen LogP contribution in [0.4, 0.5) is 0 Å². The number of hydrogen-bond acceptors (Lipinski definition) is 3. The van der Waals surface area contributed by atoms with Crippen LogP contribution in [0.3, 0.4) is 0 Å². The monoisotopic (exact) mass is 810 g/mol. The summed E-state index contributed by atoms with van der Waals surface area (Å²) in [6.45, 7) is 0. The Kier molecular flexibility index (Phi) is 10.5. The van der Waals surface area contributed by atoms with Gasteiger partial charge in [-0.3, -0.25) is 4.90 Å². The second kappa shape index (κ2) is 15.8. The van der Waals surface area contributed by atoms with Crippen molar-refractivity contribution in [3.05, 3.63) is 0 Å². The van der Waals surface area contributed by atoms with Gasteiger partial charge >= 0.3 is 0 Å². The van der Waals surface area contributed by atoms with Gasteiger partial charge in [-0.25, -0.2) is 0 Å². The van der Waals surface area contributed by atoms with E-state index < -0.39 is 0 Å². The average Bonchev–Trinajstić information content (AvgIpc) is 4.02. The highest BCUT2D eigenvalue weighted by atomic mass is 32.2. The van der Waals surface area contributed by atoms with Gasteiger partial charge in [0, 0.05) is 34.5 Å². The number of nitrogens with zero attached hydrogens (tertiary/aromatic N) is 1. The molecule has 0 amide bonds. The van der Waals surface area contributed by atoms with Crippen molar-refractivity contribution in [3.63, 3.8) is 0 Å². The topological polar surface area (TPSA) is 12.5 Å². The van der Waals surface area contributed by atoms with Gasteiger partial charge in [-0.05, 0) is 217 Å². The molecule has 2 saturated heterocycles. The van der Waals surface area contributed by atoms with Gasteiger partial charge in [0.05, 0.1) is 12.2 Å². The Balaban J connectivity index is 0.753. The highest BCUT2D eigenvalue weighted by Gasteiger charge is 2.72. The summed E-state index contributed by atoms with van der Waals surface area (Å²) >= 11 is 2.62. The lowest BCUT2D eigenvalue weighted by Gasteiger charge is -2.55. The average molecular weight is 810 g/mol. The minimum Gasteiger partial charge on any atom is -0.374 e. The predicted molar refractivity (Wildman–Crippen MR) is 241 cm³/mol. The lowest BCUT2D eigenvalue weighted by atomic mass is 9.52. The van der Waals surface area contributed by atoms with Crippen molar-refractivity contribution in [3.8, 4) is 0 Å². The lowest BCUT2D eigenvalue weighted by molar-refractivity contribution is -0.0637. The molecular formula is C55H87NOS. The van der Waals surface area contributed by atoms with Crippen LogP contribution in [0.15, 0.2) is 0 Å². The fourth-order valence-electron chi connectivity index (χ4n) is 22.2. The third kappa shape index (κ3) is 5.93. The molecule has 11 saturated carbocycles. The molecule has 58 heavy (non-hydrogen) atoms. The summed E-state index contributed by atoms with van der Waals surface area (Å²) < 4.78 is 6.91. The van der Waals surface area contributed by atoms with Crippen LogP contribution in [0, 0.1) is 88.3 Å². The molecule has 13 fully saturated rings. The molecule has 0 radical (unpaired) electrons. The van der Waals surface area contributed by atoms with E-state index >= 15 is 0 Å². The van der Waals surface area contributed by atoms with Gasteiger partial charge < -0.3 is 4.74 Å². The summed E-state index contributed by atoms with van der Waals surface area (Å²) in [5.41, 5.74) is 0.761. The Morgan fingerprint density at radius 1 is 0.345 bits per heavy atom. The van der Waals surface area contributed by atoms with Gasteiger partial charge in [0.25, 0.3) is 0 Å². The molecule has 0 aromatic rings. The standard InChI is InChI=1S/C55H87NOS/c1-2-13-35(14-3-1)56(37-29-30-42-41-17-6-10-23-48(41)55(49(42)33-37)46-21-8-4-15-39(46)40-16-5-9-22-47(40)55)36-27-25-34(26-28-36)38-19-12-20-43-44-31-32-51-52(54(44)58-53(38)43)45-18-7-11-24-50(45)57-51/h34-54H,1-33H2. The Morgan fingerprint density at radius 3 is 1.57 bits per heavy atom. The lowest BCUT2D eigenvalue weighted by Crippen LogP contribution is -2.55. The molecule has 1 spiro atoms. The van der Waals surface area contributed by atoms with Gasteiger partial charge in [0.2, 0.25) is 0 Å². The second-order valence-corrected chi connectivity index (χ2v) is 26.4. The molecule has 18 unspecified atom stereocenters. The van der Waals surface area contributed by atoms with Crippen LogP contribution in [0.25, 0.3) is 0 Å². The van der Waals surface area contributed by atoms with E-state index in [-0.39, 0.29) is 0 Å². The van der Waals surface area contributed by atoms with E-state index in [0.717, 1.165) is 117 Å². The Bertz CT molecular complexity index is 1420. The van der Waals surface area contributed by atoms with E-state index in [9.17, 15) is 0 Å². The van der Waals surface area contributed by atoms with Crippen molar-refractivity contribution >= 4 is 11.8 Å². The number of ether oxygens (including phenoxy) is 1. The maximum absolute atomic E-state index is 6.91. The van der Waals surface area contributed by atoms with E-state index in [1.807, 2.05) is 0 Å². The molecule has 2 heterocycles. The van der Waals surface area contributed by atoms with Crippen molar-refractivity contribution in [1.82, 2.24) is 4.90 Å². The van der Waals surface area contributed by atoms with Crippen LogP contribution in [-0.4, -0.2) is 45.7 Å². The second-order valence-electron chi connectivity index (χ2n) is 25.0. The zero-order valence-corrected chi connectivity index (χ0v) is 38.0. The molecule has 2 nitrogen and oxygen atoms in total. The molecule has 2 aliphatic heterocycles. The van der Waals surface area contributed by atoms with E-state index in [1.165, 1.54) is 70.6 Å². The maximum Gasteiger partial charge on any atom is 0.0621 e. The molecule has 13 aliphatic rings. The van der Waals surface area contributed by atoms with E-state index in [2.05, 4.69) is 16.7 Å². The van der Waals surface area contributed by atoms with Crippen LogP contribution in [0.1, 0.15) is 212 Å². The van der Waals surface area contributed by atoms with E-state index in [0.29, 0.717) is 12.2 Å². The summed E-state index contributed by atoms with van der Waals surface area (Å²) in [6.07, 6.45) is 52.7. The number of thioether (sulfide) groups is 1. The third-order valence-electron chi connectivity index (χ3n) is 23.6. The van der Waals surface area contributed by atoms with Crippen molar-refractivity contribution in [2.75, 3.05) is 0 Å². The van der Waals surface area contributed by atoms with Gasteiger partial charge in [-0.15, -0.1) is 0 Å². The van der Waals surface area contributed by atoms with Crippen molar-refractivity contribution in [1.29, 1.82) is 0 Å². The number of fused-ring (bicyclic) bond motifs is 17. The van der Waals surface area contributed by atoms with Gasteiger partial charge in [0.15, 0.2) is 0 Å². The summed E-state index contributed by atoms with van der Waals surface area (Å²) in [7, 11) is 0. The quantitative estimate of drug-likeness (QED) is 0.281. The van der Waals surface area contributed by atoms with E-state index in [4.69, 9.17) is 4.74 Å². The maximum atomic E-state index is 6.91. The zero-order valence-electron chi connectivity index (χ0n) is 37.2. The normalized spacial score (nSPS) is 56.4. The Hall–Kier alpha value is 0.270. The minimum atomic E-state index is 0.627. The molecular weight excluding hydrogens is 723 g/mol. The molecule has 3 heteroatoms. The zero-order chi connectivity index (χ0) is 38.0. The summed E-state index contributed by atoms with van der Waals surface area (Å²) in [6, 6.07) is 2.75. The molecule has 11 aliphatic carbocycles. The first-order valence-corrected chi connectivity index (χ1v) is 28.8. The van der Waals surface area contributed by atoms with Gasteiger partial charge in [-0.1, -0.05) is 77.0 Å². The Labute approximate surface area is 360 Å². The predicted octanol–water partition coefficient (Wildman–Crippen LogP) is 14.3. The third-order valence-corrected chi connectivity index (χ3v) is 25.6. The fourth-order valence-corrected chi connectivity index (χ4v) is 24.8. The van der Waals surface area contributed by atoms with E-state index in [1.54, 1.807) is 141 Å². The SMILES string of the molecule is C1CCC(N(C2CCC(C3CCCC4C5CCC6OC7CCCCC7C6C5SC34)CC2)C2CCC3C4CCCCC4C4(C5CCCCC5C5CCCCC54)C3C2)CC1. The highest BCUT2D eigenvalue weighted by Crippen LogP contribution is 2.78. The largest absolute Gasteiger partial charge is 0.374 e. The smallest absolute Gasteiger partial charge is 0.0621 e. The van der Waals surface area contributed by atoms with Crippen LogP contribution in [0.2, 0.25) is 0 Å². The molecule has 0 N–H and O–H groups in total. The first-order valence-electron chi connectivity index (χ1n) is 27.9. The Morgan fingerprint density at radius 2 is 0.862 bits per heavy atom. The van der Waals surface area contributed by atoms with Crippen molar-refractivity contribution < 1.29 is 4.74 Å². The summed E-state index contributed by atoms with van der Waals surface area (Å²) in [4.78, 5) is 3.45. The van der Waals surface area contributed by atoms with Crippen LogP contribution >= 0.6 is 11.8 Å². The van der Waals surface area contributed by atoms with Crippen LogP contribution in [-0.2, 0) is 4.74 Å². The van der Waals surface area contributed by atoms with Crippen LogP contribution < -0.4 is 0 Å². The number of rotatable bonds is 4. The minimum absolute atomic E-state index is 0.627. The fraction of sp³-hybridized carbons (Fsp3) is 1.00. The molecule has 0 aromatic heterocycles. The first kappa shape index (κ1) is 38.7. The molecule has 13 rings (SSSR count). The van der Waals surface area contributed by atoms with Crippen molar-refractivity contribution in [2.24, 2.45) is 88.3 Å². The molecule has 324 valence electrons. The molecule has 0 aromatic carbocycles. The first-order chi connectivity index (χ1) is 28.8. The van der Waals surface area contributed by atoms with Crippen LogP contribution in [0.5, 0.6) is 0 Å². The molecule has 18 atom stereocenters. The van der Waals surface area contributed by atoms with Crippen molar-refractivity contribution in [2.45, 2.75) is 253 Å². The highest BCUT2D eigenvalue weighted by molar-refractivity contribution is 8.00. The summed E-state index contributed by atoms with van der Waals surface area (Å²) in [5.74, 6) is 14.9. The number of hydrogen-bond donors (Lipinski definition) is 0. The van der Waals surface area contributed by atoms with Gasteiger partial charge in [0.1, 0.15) is 0 Å². The summed E-state index contributed by atoms with van der Waals surface area (Å²) in [5, 5.41) is 1.95. The molecule has 0 bridgehead atoms.